The minimum Gasteiger partial charge on any atom is -0.486 e. The van der Waals surface area contributed by atoms with Gasteiger partial charge in [0.1, 0.15) is 11.9 Å². The van der Waals surface area contributed by atoms with Crippen LogP contribution in [0, 0.1) is 6.92 Å². The number of carbonyl (C=O) groups is 1. The number of piperidine rings is 1. The van der Waals surface area contributed by atoms with Gasteiger partial charge in [-0.2, -0.15) is 0 Å². The van der Waals surface area contributed by atoms with E-state index in [1.165, 1.54) is 0 Å². The maximum absolute atomic E-state index is 12.4. The third-order valence-corrected chi connectivity index (χ3v) is 4.66. The Bertz CT molecular complexity index is 709. The highest BCUT2D eigenvalue weighted by Crippen LogP contribution is 2.26. The maximum atomic E-state index is 12.4. The van der Waals surface area contributed by atoms with Crippen LogP contribution in [0.5, 0.6) is 5.75 Å². The molecule has 1 heterocycles. The zero-order chi connectivity index (χ0) is 17.6. The van der Waals surface area contributed by atoms with Crippen molar-refractivity contribution in [2.24, 2.45) is 0 Å². The van der Waals surface area contributed by atoms with Crippen LogP contribution < -0.4 is 15.4 Å². The number of rotatable bonds is 5. The first-order valence-electron chi connectivity index (χ1n) is 9.00. The van der Waals surface area contributed by atoms with Gasteiger partial charge >= 0.3 is 0 Å². The van der Waals surface area contributed by atoms with Gasteiger partial charge in [0.15, 0.2) is 0 Å². The number of nitrogens with one attached hydrogen (secondary N) is 2. The molecule has 1 aliphatic heterocycles. The molecule has 0 aliphatic carbocycles. The second-order valence-corrected chi connectivity index (χ2v) is 6.64. The molecule has 3 rings (SSSR count). The van der Waals surface area contributed by atoms with E-state index in [2.05, 4.69) is 22.8 Å². The molecule has 0 aromatic heterocycles. The van der Waals surface area contributed by atoms with Crippen LogP contribution in [0.1, 0.15) is 43.4 Å². The monoisotopic (exact) mass is 338 g/mol. The summed E-state index contributed by atoms with van der Waals surface area (Å²) >= 11 is 0. The average molecular weight is 338 g/mol. The highest BCUT2D eigenvalue weighted by atomic mass is 16.5. The minimum absolute atomic E-state index is 0.0209. The van der Waals surface area contributed by atoms with Gasteiger partial charge in [-0.25, -0.2) is 0 Å². The molecule has 2 unspecified atom stereocenters. The first-order valence-corrected chi connectivity index (χ1v) is 9.00. The number of anilines is 1. The molecule has 0 spiro atoms. The number of carbonyl (C=O) groups excluding carboxylic acids is 1. The fourth-order valence-electron chi connectivity index (χ4n) is 3.14. The zero-order valence-corrected chi connectivity index (χ0v) is 14.9. The van der Waals surface area contributed by atoms with E-state index in [4.69, 9.17) is 4.74 Å². The van der Waals surface area contributed by atoms with E-state index in [-0.39, 0.29) is 18.1 Å². The Labute approximate surface area is 149 Å². The summed E-state index contributed by atoms with van der Waals surface area (Å²) in [4.78, 5) is 12.4. The first-order chi connectivity index (χ1) is 12.1. The second kappa shape index (κ2) is 8.17. The number of aryl methyl sites for hydroxylation is 1. The molecule has 1 saturated heterocycles. The van der Waals surface area contributed by atoms with Crippen LogP contribution in [-0.2, 0) is 4.79 Å². The predicted molar refractivity (Wildman–Crippen MR) is 101 cm³/mol. The first kappa shape index (κ1) is 17.5. The van der Waals surface area contributed by atoms with Crippen LogP contribution in [0.25, 0.3) is 0 Å². The molecule has 4 nitrogen and oxygen atoms in total. The van der Waals surface area contributed by atoms with Crippen molar-refractivity contribution in [1.82, 2.24) is 5.32 Å². The van der Waals surface area contributed by atoms with Crippen LogP contribution >= 0.6 is 0 Å². The van der Waals surface area contributed by atoms with Gasteiger partial charge in [-0.15, -0.1) is 0 Å². The number of ether oxygens (including phenoxy) is 1. The van der Waals surface area contributed by atoms with Crippen molar-refractivity contribution in [3.05, 3.63) is 59.7 Å². The summed E-state index contributed by atoms with van der Waals surface area (Å²) < 4.78 is 6.03. The van der Waals surface area contributed by atoms with Crippen molar-refractivity contribution >= 4 is 11.6 Å². The van der Waals surface area contributed by atoms with Crippen LogP contribution in [0.15, 0.2) is 48.5 Å². The summed E-state index contributed by atoms with van der Waals surface area (Å²) in [6, 6.07) is 15.9. The normalized spacial score (nSPS) is 18.4. The third kappa shape index (κ3) is 4.60. The van der Waals surface area contributed by atoms with E-state index >= 15 is 0 Å². The van der Waals surface area contributed by atoms with E-state index in [9.17, 15) is 4.79 Å². The predicted octanol–water partition coefficient (Wildman–Crippen LogP) is 4.22. The molecule has 25 heavy (non-hydrogen) atoms. The highest BCUT2D eigenvalue weighted by Gasteiger charge is 2.21. The van der Waals surface area contributed by atoms with Gasteiger partial charge in [0.2, 0.25) is 5.91 Å². The van der Waals surface area contributed by atoms with Gasteiger partial charge < -0.3 is 15.4 Å². The summed E-state index contributed by atoms with van der Waals surface area (Å²) in [5, 5.41) is 6.31. The summed E-state index contributed by atoms with van der Waals surface area (Å²) in [6.45, 7) is 4.94. The summed E-state index contributed by atoms with van der Waals surface area (Å²) in [5.74, 6) is 0.858. The summed E-state index contributed by atoms with van der Waals surface area (Å²) in [7, 11) is 0. The largest absolute Gasteiger partial charge is 0.486 e. The molecule has 2 aromatic carbocycles. The molecule has 0 bridgehead atoms. The Hall–Kier alpha value is -2.33. The van der Waals surface area contributed by atoms with E-state index in [1.807, 2.05) is 50.2 Å². The van der Waals surface area contributed by atoms with E-state index < -0.39 is 0 Å². The van der Waals surface area contributed by atoms with Crippen molar-refractivity contribution in [1.29, 1.82) is 0 Å². The van der Waals surface area contributed by atoms with Crippen molar-refractivity contribution in [3.8, 4) is 5.75 Å². The lowest BCUT2D eigenvalue weighted by Gasteiger charge is -2.23. The molecule has 132 valence electrons. The van der Waals surface area contributed by atoms with Crippen LogP contribution in [0.3, 0.4) is 0 Å². The maximum Gasteiger partial charge on any atom is 0.241 e. The molecular formula is C21H26N2O2. The molecule has 1 aliphatic rings. The lowest BCUT2D eigenvalue weighted by Crippen LogP contribution is -2.43. The van der Waals surface area contributed by atoms with E-state index in [1.54, 1.807) is 0 Å². The van der Waals surface area contributed by atoms with Crippen molar-refractivity contribution < 1.29 is 9.53 Å². The number of benzene rings is 2. The second-order valence-electron chi connectivity index (χ2n) is 6.64. The van der Waals surface area contributed by atoms with E-state index in [0.29, 0.717) is 0 Å². The minimum atomic E-state index is -0.0813. The van der Waals surface area contributed by atoms with Crippen LogP contribution in [0.4, 0.5) is 5.69 Å². The third-order valence-electron chi connectivity index (χ3n) is 4.66. The Morgan fingerprint density at radius 1 is 1.20 bits per heavy atom. The molecule has 2 aromatic rings. The van der Waals surface area contributed by atoms with Crippen molar-refractivity contribution in [2.75, 3.05) is 11.9 Å². The van der Waals surface area contributed by atoms with E-state index in [0.717, 1.165) is 48.4 Å². The highest BCUT2D eigenvalue weighted by molar-refractivity contribution is 5.95. The molecule has 1 amide bonds. The topological polar surface area (TPSA) is 50.4 Å². The Kier molecular flexibility index (Phi) is 5.71. The lowest BCUT2D eigenvalue weighted by molar-refractivity contribution is -0.118. The molecular weight excluding hydrogens is 312 g/mol. The smallest absolute Gasteiger partial charge is 0.241 e. The Balaban J connectivity index is 1.63. The van der Waals surface area contributed by atoms with Gasteiger partial charge in [-0.1, -0.05) is 36.8 Å². The molecule has 2 N–H and O–H groups in total. The fraction of sp³-hybridized carbons (Fsp3) is 0.381. The van der Waals surface area contributed by atoms with Gasteiger partial charge in [0, 0.05) is 5.69 Å². The van der Waals surface area contributed by atoms with Crippen molar-refractivity contribution in [2.45, 2.75) is 45.3 Å². The van der Waals surface area contributed by atoms with Crippen LogP contribution in [0.2, 0.25) is 0 Å². The molecule has 1 fully saturated rings. The van der Waals surface area contributed by atoms with Crippen molar-refractivity contribution in [3.63, 3.8) is 0 Å². The van der Waals surface area contributed by atoms with Crippen LogP contribution in [-0.4, -0.2) is 18.5 Å². The van der Waals surface area contributed by atoms with Gasteiger partial charge in [-0.3, -0.25) is 4.79 Å². The standard InChI is InChI=1S/C21H26N2O2/c1-15-14-18(25-16(2)17-8-4-3-5-9-17)11-12-19(15)23-21(24)20-10-6-7-13-22-20/h3-5,8-9,11-12,14,16,20,22H,6-7,10,13H2,1-2H3,(H,23,24). The zero-order valence-electron chi connectivity index (χ0n) is 14.9. The SMILES string of the molecule is Cc1cc(OC(C)c2ccccc2)ccc1NC(=O)C1CCCCN1. The average Bonchev–Trinajstić information content (AvgIpc) is 2.65. The number of hydrogen-bond donors (Lipinski definition) is 2. The number of hydrogen-bond acceptors (Lipinski definition) is 3. The van der Waals surface area contributed by atoms with Gasteiger partial charge in [0.05, 0.1) is 6.04 Å². The molecule has 4 heteroatoms. The Morgan fingerprint density at radius 3 is 2.68 bits per heavy atom. The molecule has 2 atom stereocenters. The number of amides is 1. The van der Waals surface area contributed by atoms with Gasteiger partial charge in [-0.05, 0) is 62.6 Å². The molecule has 0 radical (unpaired) electrons. The Morgan fingerprint density at radius 2 is 2.00 bits per heavy atom. The lowest BCUT2D eigenvalue weighted by atomic mass is 10.0. The molecule has 0 saturated carbocycles. The fourth-order valence-corrected chi connectivity index (χ4v) is 3.14. The quantitative estimate of drug-likeness (QED) is 0.858. The summed E-state index contributed by atoms with van der Waals surface area (Å²) in [6.07, 6.45) is 3.14. The van der Waals surface area contributed by atoms with Gasteiger partial charge in [0.25, 0.3) is 0 Å². The summed E-state index contributed by atoms with van der Waals surface area (Å²) in [5.41, 5.74) is 2.99.